The topological polar surface area (TPSA) is 58.2 Å². The highest BCUT2D eigenvalue weighted by Gasteiger charge is 2.28. The van der Waals surface area contributed by atoms with Crippen LogP contribution in [0.1, 0.15) is 30.5 Å². The van der Waals surface area contributed by atoms with Crippen molar-refractivity contribution in [2.45, 2.75) is 26.2 Å². The third-order valence-corrected chi connectivity index (χ3v) is 3.25. The zero-order valence-corrected chi connectivity index (χ0v) is 10.4. The van der Waals surface area contributed by atoms with Gasteiger partial charge in [0.1, 0.15) is 6.61 Å². The third kappa shape index (κ3) is 2.66. The predicted octanol–water partition coefficient (Wildman–Crippen LogP) is 1.07. The highest BCUT2D eigenvalue weighted by molar-refractivity contribution is 5.77. The Hall–Kier alpha value is -1.36. The lowest BCUT2D eigenvalue weighted by molar-refractivity contribution is -0.134. The fourth-order valence-corrected chi connectivity index (χ4v) is 2.27. The molecule has 1 atom stereocenters. The highest BCUT2D eigenvalue weighted by atomic mass is 16.5. The van der Waals surface area contributed by atoms with Gasteiger partial charge in [-0.25, -0.2) is 0 Å². The molecule has 0 saturated carbocycles. The summed E-state index contributed by atoms with van der Waals surface area (Å²) in [6.07, 6.45) is 2.83. The summed E-state index contributed by atoms with van der Waals surface area (Å²) < 4.78 is 5.15. The maximum atomic E-state index is 11.8. The number of nitrogens with zero attached hydrogens (tertiary/aromatic N) is 2. The Kier molecular flexibility index (Phi) is 3.78. The van der Waals surface area contributed by atoms with E-state index in [-0.39, 0.29) is 12.5 Å². The molecule has 5 heteroatoms. The van der Waals surface area contributed by atoms with Gasteiger partial charge in [0.25, 0.3) is 0 Å². The van der Waals surface area contributed by atoms with Gasteiger partial charge in [-0.15, -0.1) is 0 Å². The predicted molar refractivity (Wildman–Crippen MR) is 63.8 cm³/mol. The number of aromatic nitrogens is 2. The lowest BCUT2D eigenvalue weighted by atomic mass is 10.0. The smallest absolute Gasteiger partial charge is 0.248 e. The first-order chi connectivity index (χ1) is 8.22. The minimum absolute atomic E-state index is 0.0894. The molecule has 1 N–H and O–H groups in total. The molecule has 94 valence electrons. The van der Waals surface area contributed by atoms with E-state index in [4.69, 9.17) is 4.74 Å². The second-order valence-corrected chi connectivity index (χ2v) is 4.43. The van der Waals surface area contributed by atoms with Gasteiger partial charge >= 0.3 is 0 Å². The second kappa shape index (κ2) is 5.31. The van der Waals surface area contributed by atoms with Crippen molar-refractivity contribution in [1.82, 2.24) is 15.1 Å². The number of hydrogen-bond acceptors (Lipinski definition) is 3. The maximum Gasteiger partial charge on any atom is 0.248 e. The van der Waals surface area contributed by atoms with Crippen LogP contribution in [0.5, 0.6) is 0 Å². The largest absolute Gasteiger partial charge is 0.372 e. The average molecular weight is 237 g/mol. The molecule has 0 unspecified atom stereocenters. The quantitative estimate of drug-likeness (QED) is 0.852. The summed E-state index contributed by atoms with van der Waals surface area (Å²) in [7, 11) is 0. The summed E-state index contributed by atoms with van der Waals surface area (Å²) in [6.45, 7) is 6.31. The fraction of sp³-hybridized carbons (Fsp3) is 0.667. The van der Waals surface area contributed by atoms with Gasteiger partial charge in [-0.1, -0.05) is 0 Å². The average Bonchev–Trinajstić information content (AvgIpc) is 2.93. The summed E-state index contributed by atoms with van der Waals surface area (Å²) in [5.74, 6) is 0.481. The zero-order valence-electron chi connectivity index (χ0n) is 10.4. The van der Waals surface area contributed by atoms with Crippen molar-refractivity contribution in [1.29, 1.82) is 0 Å². The number of likely N-dealkylation sites (tertiary alicyclic amines) is 1. The van der Waals surface area contributed by atoms with Gasteiger partial charge in [-0.3, -0.25) is 9.89 Å². The lowest BCUT2D eigenvalue weighted by Crippen LogP contribution is -2.31. The van der Waals surface area contributed by atoms with E-state index < -0.39 is 0 Å². The molecule has 1 fully saturated rings. The normalized spacial score (nSPS) is 19.9. The Bertz CT molecular complexity index is 389. The number of aromatic amines is 1. The highest BCUT2D eigenvalue weighted by Crippen LogP contribution is 2.27. The monoisotopic (exact) mass is 237 g/mol. The molecule has 1 aromatic rings. The second-order valence-electron chi connectivity index (χ2n) is 4.43. The maximum absolute atomic E-state index is 11.8. The number of amides is 1. The van der Waals surface area contributed by atoms with Crippen molar-refractivity contribution in [3.8, 4) is 0 Å². The number of aryl methyl sites for hydroxylation is 1. The molecule has 2 heterocycles. The standard InChI is InChI=1S/C12H19N3O2/c1-3-17-8-11(16)15-5-4-10(7-15)12-9(2)6-13-14-12/h6,10H,3-5,7-8H2,1-2H3,(H,13,14)/t10-/m0/s1. The Morgan fingerprint density at radius 1 is 1.71 bits per heavy atom. The summed E-state index contributed by atoms with van der Waals surface area (Å²) >= 11 is 0. The molecule has 0 radical (unpaired) electrons. The number of rotatable bonds is 4. The van der Waals surface area contributed by atoms with Crippen LogP contribution in [0.2, 0.25) is 0 Å². The van der Waals surface area contributed by atoms with Gasteiger partial charge in [0.05, 0.1) is 6.20 Å². The Labute approximate surface area is 101 Å². The van der Waals surface area contributed by atoms with Crippen molar-refractivity contribution >= 4 is 5.91 Å². The van der Waals surface area contributed by atoms with Crippen molar-refractivity contribution < 1.29 is 9.53 Å². The number of H-pyrrole nitrogens is 1. The molecule has 0 spiro atoms. The molecular formula is C12H19N3O2. The molecule has 0 aliphatic carbocycles. The van der Waals surface area contributed by atoms with Gasteiger partial charge in [-0.05, 0) is 25.8 Å². The van der Waals surface area contributed by atoms with Crippen LogP contribution in [0.3, 0.4) is 0 Å². The third-order valence-electron chi connectivity index (χ3n) is 3.25. The number of carbonyl (C=O) groups excluding carboxylic acids is 1. The first-order valence-corrected chi connectivity index (χ1v) is 6.07. The van der Waals surface area contributed by atoms with Crippen LogP contribution in [-0.4, -0.2) is 47.3 Å². The van der Waals surface area contributed by atoms with Crippen LogP contribution in [0.15, 0.2) is 6.20 Å². The summed E-state index contributed by atoms with van der Waals surface area (Å²) in [5, 5.41) is 7.06. The van der Waals surface area contributed by atoms with Crippen LogP contribution in [0, 0.1) is 6.92 Å². The minimum atomic E-state index is 0.0894. The molecule has 1 aliphatic rings. The van der Waals surface area contributed by atoms with E-state index in [9.17, 15) is 4.79 Å². The van der Waals surface area contributed by atoms with E-state index in [2.05, 4.69) is 10.2 Å². The fourth-order valence-electron chi connectivity index (χ4n) is 2.27. The van der Waals surface area contributed by atoms with Crippen LogP contribution in [-0.2, 0) is 9.53 Å². The van der Waals surface area contributed by atoms with E-state index in [1.54, 1.807) is 0 Å². The zero-order chi connectivity index (χ0) is 12.3. The van der Waals surface area contributed by atoms with Crippen LogP contribution in [0.25, 0.3) is 0 Å². The molecule has 1 amide bonds. The minimum Gasteiger partial charge on any atom is -0.372 e. The van der Waals surface area contributed by atoms with Crippen LogP contribution >= 0.6 is 0 Å². The van der Waals surface area contributed by atoms with Gasteiger partial charge < -0.3 is 9.64 Å². The molecule has 5 nitrogen and oxygen atoms in total. The SMILES string of the molecule is CCOCC(=O)N1CC[C@H](c2[nH]ncc2C)C1. The van der Waals surface area contributed by atoms with E-state index >= 15 is 0 Å². The van der Waals surface area contributed by atoms with Crippen molar-refractivity contribution in [3.63, 3.8) is 0 Å². The van der Waals surface area contributed by atoms with Crippen molar-refractivity contribution in [2.75, 3.05) is 26.3 Å². The number of carbonyl (C=O) groups is 1. The lowest BCUT2D eigenvalue weighted by Gasteiger charge is -2.16. The first-order valence-electron chi connectivity index (χ1n) is 6.07. The number of hydrogen-bond donors (Lipinski definition) is 1. The number of nitrogens with one attached hydrogen (secondary N) is 1. The molecule has 1 aromatic heterocycles. The van der Waals surface area contributed by atoms with Crippen molar-refractivity contribution in [2.24, 2.45) is 0 Å². The van der Waals surface area contributed by atoms with E-state index in [1.165, 1.54) is 5.56 Å². The van der Waals surface area contributed by atoms with E-state index in [1.807, 2.05) is 24.9 Å². The first kappa shape index (κ1) is 12.1. The summed E-state index contributed by atoms with van der Waals surface area (Å²) in [5.41, 5.74) is 2.34. The van der Waals surface area contributed by atoms with Gasteiger partial charge in [-0.2, -0.15) is 5.10 Å². The van der Waals surface area contributed by atoms with Crippen LogP contribution in [0.4, 0.5) is 0 Å². The molecule has 1 aliphatic heterocycles. The van der Waals surface area contributed by atoms with Crippen LogP contribution < -0.4 is 0 Å². The van der Waals surface area contributed by atoms with E-state index in [0.717, 1.165) is 25.2 Å². The summed E-state index contributed by atoms with van der Waals surface area (Å²) in [4.78, 5) is 13.7. The Morgan fingerprint density at radius 3 is 3.18 bits per heavy atom. The van der Waals surface area contributed by atoms with Gasteiger partial charge in [0, 0.05) is 31.3 Å². The van der Waals surface area contributed by atoms with Gasteiger partial charge in [0.15, 0.2) is 0 Å². The molecule has 2 rings (SSSR count). The Balaban J connectivity index is 1.91. The Morgan fingerprint density at radius 2 is 2.53 bits per heavy atom. The molecule has 17 heavy (non-hydrogen) atoms. The summed E-state index contributed by atoms with van der Waals surface area (Å²) in [6, 6.07) is 0. The number of ether oxygens (including phenoxy) is 1. The molecule has 1 saturated heterocycles. The molecule has 0 bridgehead atoms. The van der Waals surface area contributed by atoms with Crippen molar-refractivity contribution in [3.05, 3.63) is 17.5 Å². The molecule has 0 aromatic carbocycles. The van der Waals surface area contributed by atoms with E-state index in [0.29, 0.717) is 12.5 Å². The molecular weight excluding hydrogens is 218 g/mol. The van der Waals surface area contributed by atoms with Gasteiger partial charge in [0.2, 0.25) is 5.91 Å².